The lowest BCUT2D eigenvalue weighted by molar-refractivity contribution is -0.130. The Morgan fingerprint density at radius 3 is 2.70 bits per heavy atom. The molecule has 3 aromatic rings. The number of nitrogens with one attached hydrogen (secondary N) is 2. The maximum atomic E-state index is 12.5. The van der Waals surface area contributed by atoms with E-state index in [0.717, 1.165) is 19.6 Å². The maximum Gasteiger partial charge on any atom is 0.277 e. The van der Waals surface area contributed by atoms with Crippen LogP contribution in [0, 0.1) is 0 Å². The fourth-order valence-corrected chi connectivity index (χ4v) is 3.87. The number of amides is 1. The van der Waals surface area contributed by atoms with Crippen LogP contribution in [0.15, 0.2) is 46.6 Å². The first kappa shape index (κ1) is 17.7. The second-order valence-corrected chi connectivity index (χ2v) is 7.37. The molecule has 0 aliphatic carbocycles. The van der Waals surface area contributed by atoms with E-state index in [1.54, 1.807) is 0 Å². The van der Waals surface area contributed by atoms with Crippen LogP contribution in [0.3, 0.4) is 0 Å². The quantitative estimate of drug-likeness (QED) is 0.505. The van der Waals surface area contributed by atoms with Crippen molar-refractivity contribution in [1.82, 2.24) is 29.7 Å². The van der Waals surface area contributed by atoms with E-state index in [1.807, 2.05) is 23.1 Å². The van der Waals surface area contributed by atoms with Gasteiger partial charge in [0.15, 0.2) is 16.3 Å². The molecule has 2 aromatic heterocycles. The minimum Gasteiger partial charge on any atom is -0.339 e. The van der Waals surface area contributed by atoms with E-state index >= 15 is 0 Å². The highest BCUT2D eigenvalue weighted by Crippen LogP contribution is 2.15. The number of fused-ring (bicyclic) bond motifs is 1. The van der Waals surface area contributed by atoms with Crippen molar-refractivity contribution >= 4 is 28.8 Å². The van der Waals surface area contributed by atoms with E-state index in [2.05, 4.69) is 37.0 Å². The van der Waals surface area contributed by atoms with Crippen molar-refractivity contribution < 1.29 is 4.79 Å². The number of carbonyl (C=O) groups excluding carboxylic acids is 1. The van der Waals surface area contributed by atoms with Gasteiger partial charge in [-0.15, -0.1) is 0 Å². The summed E-state index contributed by atoms with van der Waals surface area (Å²) < 4.78 is 0. The van der Waals surface area contributed by atoms with Crippen LogP contribution >= 0.6 is 11.8 Å². The number of thioether (sulfide) groups is 1. The zero-order valence-electron chi connectivity index (χ0n) is 14.7. The Morgan fingerprint density at radius 1 is 1.15 bits per heavy atom. The highest BCUT2D eigenvalue weighted by molar-refractivity contribution is 7.99. The van der Waals surface area contributed by atoms with Crippen molar-refractivity contribution in [3.63, 3.8) is 0 Å². The Morgan fingerprint density at radius 2 is 1.93 bits per heavy atom. The van der Waals surface area contributed by atoms with Crippen LogP contribution in [0.1, 0.15) is 5.56 Å². The summed E-state index contributed by atoms with van der Waals surface area (Å²) in [4.78, 5) is 42.3. The monoisotopic (exact) mass is 384 g/mol. The van der Waals surface area contributed by atoms with Crippen LogP contribution in [-0.2, 0) is 11.3 Å². The molecule has 1 amide bonds. The molecule has 0 radical (unpaired) electrons. The number of H-pyrrole nitrogens is 2. The number of rotatable bonds is 5. The van der Waals surface area contributed by atoms with Crippen molar-refractivity contribution in [1.29, 1.82) is 0 Å². The first-order valence-corrected chi connectivity index (χ1v) is 9.78. The molecule has 9 heteroatoms. The zero-order chi connectivity index (χ0) is 18.6. The number of aromatic amines is 2. The lowest BCUT2D eigenvalue weighted by atomic mass is 10.2. The SMILES string of the molecule is O=C(CSc1nc2nc[nH]c2c(=O)[nH]1)N1CCN(Cc2ccccc2)CC1. The highest BCUT2D eigenvalue weighted by atomic mass is 32.2. The molecule has 1 fully saturated rings. The molecule has 0 saturated carbocycles. The first-order valence-electron chi connectivity index (χ1n) is 8.79. The van der Waals surface area contributed by atoms with Crippen LogP contribution < -0.4 is 5.56 Å². The van der Waals surface area contributed by atoms with Gasteiger partial charge in [-0.1, -0.05) is 42.1 Å². The average molecular weight is 384 g/mol. The van der Waals surface area contributed by atoms with E-state index in [0.29, 0.717) is 29.4 Å². The molecule has 1 aliphatic rings. The molecule has 0 spiro atoms. The van der Waals surface area contributed by atoms with Crippen molar-refractivity contribution in [3.8, 4) is 0 Å². The van der Waals surface area contributed by atoms with Crippen LogP contribution in [0.4, 0.5) is 0 Å². The van der Waals surface area contributed by atoms with Crippen LogP contribution in [0.2, 0.25) is 0 Å². The summed E-state index contributed by atoms with van der Waals surface area (Å²) in [6.07, 6.45) is 1.43. The van der Waals surface area contributed by atoms with Crippen molar-refractivity contribution in [2.75, 3.05) is 31.9 Å². The third-order valence-corrected chi connectivity index (χ3v) is 5.44. The van der Waals surface area contributed by atoms with Gasteiger partial charge in [0, 0.05) is 32.7 Å². The number of nitrogens with zero attached hydrogens (tertiary/aromatic N) is 4. The van der Waals surface area contributed by atoms with Crippen LogP contribution in [-0.4, -0.2) is 67.6 Å². The lowest BCUT2D eigenvalue weighted by Gasteiger charge is -2.34. The minimum absolute atomic E-state index is 0.0594. The number of piperazine rings is 1. The predicted molar refractivity (Wildman–Crippen MR) is 104 cm³/mol. The number of benzene rings is 1. The van der Waals surface area contributed by atoms with Gasteiger partial charge in [-0.2, -0.15) is 0 Å². The Hall–Kier alpha value is -2.65. The highest BCUT2D eigenvalue weighted by Gasteiger charge is 2.21. The molecule has 2 N–H and O–H groups in total. The van der Waals surface area contributed by atoms with E-state index in [-0.39, 0.29) is 17.2 Å². The Labute approximate surface area is 160 Å². The molecular formula is C18H20N6O2S. The summed E-state index contributed by atoms with van der Waals surface area (Å²) in [6, 6.07) is 10.4. The van der Waals surface area contributed by atoms with Gasteiger partial charge in [-0.3, -0.25) is 19.5 Å². The third-order valence-electron chi connectivity index (χ3n) is 4.58. The number of aromatic nitrogens is 4. The van der Waals surface area contributed by atoms with E-state index in [1.165, 1.54) is 23.7 Å². The molecule has 27 heavy (non-hydrogen) atoms. The van der Waals surface area contributed by atoms with E-state index in [9.17, 15) is 9.59 Å². The zero-order valence-corrected chi connectivity index (χ0v) is 15.5. The minimum atomic E-state index is -0.276. The molecule has 140 valence electrons. The van der Waals surface area contributed by atoms with Gasteiger partial charge in [0.2, 0.25) is 5.91 Å². The van der Waals surface area contributed by atoms with Gasteiger partial charge in [-0.25, -0.2) is 9.97 Å². The molecule has 1 aromatic carbocycles. The molecule has 0 bridgehead atoms. The van der Waals surface area contributed by atoms with Crippen molar-refractivity contribution in [2.45, 2.75) is 11.7 Å². The Kier molecular flexibility index (Phi) is 5.21. The van der Waals surface area contributed by atoms with Crippen LogP contribution in [0.5, 0.6) is 0 Å². The molecule has 4 rings (SSSR count). The standard InChI is InChI=1S/C18H20N6O2S/c25-14(11-27-18-21-16-15(17(26)22-18)19-12-20-16)24-8-6-23(7-9-24)10-13-4-2-1-3-5-13/h1-5,12H,6-11H2,(H2,19,20,21,22,26). The fraction of sp³-hybridized carbons (Fsp3) is 0.333. The topological polar surface area (TPSA) is 98.0 Å². The number of hydrogen-bond donors (Lipinski definition) is 2. The van der Waals surface area contributed by atoms with E-state index in [4.69, 9.17) is 0 Å². The lowest BCUT2D eigenvalue weighted by Crippen LogP contribution is -2.48. The number of hydrogen-bond acceptors (Lipinski definition) is 6. The molecule has 1 aliphatic heterocycles. The van der Waals surface area contributed by atoms with Gasteiger partial charge in [0.05, 0.1) is 12.1 Å². The Bertz CT molecular complexity index is 978. The second kappa shape index (κ2) is 7.93. The number of carbonyl (C=O) groups is 1. The number of imidazole rings is 1. The summed E-state index contributed by atoms with van der Waals surface area (Å²) in [5.41, 5.74) is 1.72. The summed E-state index contributed by atoms with van der Waals surface area (Å²) in [6.45, 7) is 4.06. The summed E-state index contributed by atoms with van der Waals surface area (Å²) in [5, 5.41) is 0.413. The van der Waals surface area contributed by atoms with Gasteiger partial charge >= 0.3 is 0 Å². The molecular weight excluding hydrogens is 364 g/mol. The molecule has 3 heterocycles. The summed E-state index contributed by atoms with van der Waals surface area (Å²) in [7, 11) is 0. The second-order valence-electron chi connectivity index (χ2n) is 6.40. The van der Waals surface area contributed by atoms with E-state index < -0.39 is 0 Å². The average Bonchev–Trinajstić information content (AvgIpc) is 3.17. The molecule has 0 atom stereocenters. The third kappa shape index (κ3) is 4.20. The van der Waals surface area contributed by atoms with Crippen LogP contribution in [0.25, 0.3) is 11.2 Å². The molecule has 8 nitrogen and oxygen atoms in total. The van der Waals surface area contributed by atoms with Gasteiger partial charge < -0.3 is 9.88 Å². The maximum absolute atomic E-state index is 12.5. The summed E-state index contributed by atoms with van der Waals surface area (Å²) in [5.74, 6) is 0.307. The largest absolute Gasteiger partial charge is 0.339 e. The summed E-state index contributed by atoms with van der Waals surface area (Å²) >= 11 is 1.23. The fourth-order valence-electron chi connectivity index (χ4n) is 3.11. The molecule has 0 unspecified atom stereocenters. The normalized spacial score (nSPS) is 15.3. The van der Waals surface area contributed by atoms with Gasteiger partial charge in [-0.05, 0) is 5.56 Å². The predicted octanol–water partition coefficient (Wildman–Crippen LogP) is 1.08. The Balaban J connectivity index is 1.28. The van der Waals surface area contributed by atoms with Gasteiger partial charge in [0.1, 0.15) is 0 Å². The molecule has 1 saturated heterocycles. The van der Waals surface area contributed by atoms with Crippen molar-refractivity contribution in [2.24, 2.45) is 0 Å². The van der Waals surface area contributed by atoms with Crippen molar-refractivity contribution in [3.05, 3.63) is 52.6 Å². The first-order chi connectivity index (χ1) is 13.2. The van der Waals surface area contributed by atoms with Gasteiger partial charge in [0.25, 0.3) is 5.56 Å². The smallest absolute Gasteiger partial charge is 0.277 e.